The van der Waals surface area contributed by atoms with Gasteiger partial charge in [-0.25, -0.2) is 4.98 Å². The molecule has 100 valence electrons. The van der Waals surface area contributed by atoms with E-state index in [0.717, 1.165) is 18.7 Å². The van der Waals surface area contributed by atoms with Crippen molar-refractivity contribution in [3.8, 4) is 0 Å². The van der Waals surface area contributed by atoms with Crippen LogP contribution in [0.5, 0.6) is 0 Å². The van der Waals surface area contributed by atoms with E-state index in [1.807, 2.05) is 25.2 Å². The Morgan fingerprint density at radius 3 is 2.83 bits per heavy atom. The van der Waals surface area contributed by atoms with Crippen LogP contribution < -0.4 is 4.90 Å². The monoisotopic (exact) mass is 250 g/mol. The topological polar surface area (TPSA) is 42.4 Å². The summed E-state index contributed by atoms with van der Waals surface area (Å²) in [5.41, 5.74) is 0. The molecule has 4 nitrogen and oxygen atoms in total. The van der Waals surface area contributed by atoms with Crippen LogP contribution in [0.3, 0.4) is 0 Å². The molecule has 0 unspecified atom stereocenters. The first kappa shape index (κ1) is 14.5. The fraction of sp³-hybridized carbons (Fsp3) is 0.571. The highest BCUT2D eigenvalue weighted by atomic mass is 16.5. The van der Waals surface area contributed by atoms with Crippen molar-refractivity contribution in [3.05, 3.63) is 24.4 Å². The van der Waals surface area contributed by atoms with Gasteiger partial charge >= 0.3 is 5.97 Å². The zero-order chi connectivity index (χ0) is 13.2. The zero-order valence-corrected chi connectivity index (χ0v) is 11.3. The van der Waals surface area contributed by atoms with Crippen molar-refractivity contribution in [1.82, 2.24) is 4.98 Å². The minimum Gasteiger partial charge on any atom is -0.464 e. The average Bonchev–Trinajstić information content (AvgIpc) is 2.39. The van der Waals surface area contributed by atoms with Gasteiger partial charge in [0, 0.05) is 13.2 Å². The van der Waals surface area contributed by atoms with Crippen LogP contribution in [-0.2, 0) is 9.53 Å². The predicted molar refractivity (Wildman–Crippen MR) is 72.6 cm³/mol. The normalized spacial score (nSPS) is 10.1. The van der Waals surface area contributed by atoms with Gasteiger partial charge in [0.25, 0.3) is 0 Å². The van der Waals surface area contributed by atoms with Crippen molar-refractivity contribution >= 4 is 11.8 Å². The molecule has 0 fully saturated rings. The van der Waals surface area contributed by atoms with Crippen molar-refractivity contribution in [2.24, 2.45) is 0 Å². The molecule has 0 atom stereocenters. The Labute approximate surface area is 109 Å². The Hall–Kier alpha value is -1.58. The lowest BCUT2D eigenvalue weighted by Crippen LogP contribution is -2.27. The Morgan fingerprint density at radius 2 is 2.17 bits per heavy atom. The second-order valence-corrected chi connectivity index (χ2v) is 4.33. The minimum absolute atomic E-state index is 0.195. The molecule has 0 amide bonds. The number of nitrogens with zero attached hydrogens (tertiary/aromatic N) is 2. The van der Waals surface area contributed by atoms with Gasteiger partial charge in [-0.05, 0) is 18.6 Å². The highest BCUT2D eigenvalue weighted by molar-refractivity contribution is 5.75. The summed E-state index contributed by atoms with van der Waals surface area (Å²) in [7, 11) is 1.83. The highest BCUT2D eigenvalue weighted by Crippen LogP contribution is 2.06. The molecule has 0 radical (unpaired) electrons. The lowest BCUT2D eigenvalue weighted by Gasteiger charge is -2.16. The number of unbranched alkanes of at least 4 members (excludes halogenated alkanes) is 3. The van der Waals surface area contributed by atoms with Crippen LogP contribution in [0.15, 0.2) is 24.4 Å². The van der Waals surface area contributed by atoms with Crippen LogP contribution in [0, 0.1) is 0 Å². The van der Waals surface area contributed by atoms with E-state index in [2.05, 4.69) is 11.9 Å². The largest absolute Gasteiger partial charge is 0.464 e. The van der Waals surface area contributed by atoms with E-state index >= 15 is 0 Å². The van der Waals surface area contributed by atoms with E-state index in [1.165, 1.54) is 12.8 Å². The molecule has 1 heterocycles. The number of carbonyl (C=O) groups excluding carboxylic acids is 1. The highest BCUT2D eigenvalue weighted by Gasteiger charge is 2.08. The first-order valence-electron chi connectivity index (χ1n) is 6.52. The fourth-order valence-electron chi connectivity index (χ4n) is 1.61. The molecule has 0 spiro atoms. The van der Waals surface area contributed by atoms with Gasteiger partial charge in [0.2, 0.25) is 0 Å². The van der Waals surface area contributed by atoms with Gasteiger partial charge in [-0.2, -0.15) is 0 Å². The van der Waals surface area contributed by atoms with Crippen molar-refractivity contribution < 1.29 is 9.53 Å². The van der Waals surface area contributed by atoms with E-state index in [4.69, 9.17) is 4.74 Å². The van der Waals surface area contributed by atoms with Crippen LogP contribution in [0.1, 0.15) is 32.6 Å². The molecule has 0 saturated carbocycles. The summed E-state index contributed by atoms with van der Waals surface area (Å²) in [6.45, 7) is 2.92. The quantitative estimate of drug-likeness (QED) is 0.525. The van der Waals surface area contributed by atoms with Gasteiger partial charge in [-0.1, -0.05) is 32.3 Å². The predicted octanol–water partition coefficient (Wildman–Crippen LogP) is 2.64. The molecule has 1 aromatic heterocycles. The van der Waals surface area contributed by atoms with E-state index in [9.17, 15) is 4.79 Å². The molecule has 0 aliphatic rings. The van der Waals surface area contributed by atoms with E-state index < -0.39 is 0 Å². The summed E-state index contributed by atoms with van der Waals surface area (Å²) in [6, 6.07) is 5.62. The van der Waals surface area contributed by atoms with Gasteiger partial charge in [0.15, 0.2) is 0 Å². The average molecular weight is 250 g/mol. The minimum atomic E-state index is -0.195. The molecule has 0 saturated heterocycles. The van der Waals surface area contributed by atoms with Crippen molar-refractivity contribution in [2.45, 2.75) is 32.6 Å². The first-order chi connectivity index (χ1) is 8.74. The third kappa shape index (κ3) is 5.66. The molecule has 0 bridgehead atoms. The van der Waals surface area contributed by atoms with Gasteiger partial charge in [0.1, 0.15) is 12.4 Å². The molecular weight excluding hydrogens is 228 g/mol. The zero-order valence-electron chi connectivity index (χ0n) is 11.3. The van der Waals surface area contributed by atoms with Crippen LogP contribution in [-0.4, -0.2) is 31.2 Å². The summed E-state index contributed by atoms with van der Waals surface area (Å²) < 4.78 is 5.17. The smallest absolute Gasteiger partial charge is 0.325 e. The maximum atomic E-state index is 11.6. The summed E-state index contributed by atoms with van der Waals surface area (Å²) in [6.07, 6.45) is 6.18. The second kappa shape index (κ2) is 8.50. The number of esters is 1. The number of rotatable bonds is 8. The lowest BCUT2D eigenvalue weighted by molar-refractivity contribution is -0.142. The molecule has 1 aromatic rings. The van der Waals surface area contributed by atoms with Gasteiger partial charge in [0.05, 0.1) is 6.61 Å². The first-order valence-corrected chi connectivity index (χ1v) is 6.52. The number of hydrogen-bond acceptors (Lipinski definition) is 4. The van der Waals surface area contributed by atoms with Gasteiger partial charge < -0.3 is 9.64 Å². The van der Waals surface area contributed by atoms with Crippen LogP contribution in [0.25, 0.3) is 0 Å². The second-order valence-electron chi connectivity index (χ2n) is 4.33. The molecular formula is C14H22N2O2. The molecule has 18 heavy (non-hydrogen) atoms. The van der Waals surface area contributed by atoms with E-state index in [-0.39, 0.29) is 12.5 Å². The standard InChI is InChI=1S/C14H22N2O2/c1-3-4-5-8-11-18-14(17)12-16(2)13-9-6-7-10-15-13/h6-7,9-10H,3-5,8,11-12H2,1-2H3. The Balaban J connectivity index is 2.20. The maximum Gasteiger partial charge on any atom is 0.325 e. The number of hydrogen-bond donors (Lipinski definition) is 0. The number of pyridine rings is 1. The Bertz CT molecular complexity index is 341. The van der Waals surface area contributed by atoms with Crippen LogP contribution in [0.2, 0.25) is 0 Å². The van der Waals surface area contributed by atoms with Crippen LogP contribution >= 0.6 is 0 Å². The van der Waals surface area contributed by atoms with E-state index in [0.29, 0.717) is 6.61 Å². The van der Waals surface area contributed by atoms with Crippen LogP contribution in [0.4, 0.5) is 5.82 Å². The molecule has 0 aliphatic carbocycles. The lowest BCUT2D eigenvalue weighted by atomic mass is 10.2. The number of likely N-dealkylation sites (N-methyl/N-ethyl adjacent to an activating group) is 1. The van der Waals surface area contributed by atoms with E-state index in [1.54, 1.807) is 11.1 Å². The molecule has 0 N–H and O–H groups in total. The molecule has 4 heteroatoms. The van der Waals surface area contributed by atoms with Crippen molar-refractivity contribution in [1.29, 1.82) is 0 Å². The fourth-order valence-corrected chi connectivity index (χ4v) is 1.61. The molecule has 0 aliphatic heterocycles. The third-order valence-electron chi connectivity index (χ3n) is 2.67. The Morgan fingerprint density at radius 1 is 1.33 bits per heavy atom. The summed E-state index contributed by atoms with van der Waals surface area (Å²) in [4.78, 5) is 17.5. The third-order valence-corrected chi connectivity index (χ3v) is 2.67. The SMILES string of the molecule is CCCCCCOC(=O)CN(C)c1ccccn1. The van der Waals surface area contributed by atoms with Crippen molar-refractivity contribution in [2.75, 3.05) is 25.1 Å². The summed E-state index contributed by atoms with van der Waals surface area (Å²) in [5, 5.41) is 0. The number of anilines is 1. The summed E-state index contributed by atoms with van der Waals surface area (Å²) >= 11 is 0. The summed E-state index contributed by atoms with van der Waals surface area (Å²) in [5.74, 6) is 0.583. The van der Waals surface area contributed by atoms with Gasteiger partial charge in [-0.15, -0.1) is 0 Å². The number of aromatic nitrogens is 1. The number of carbonyl (C=O) groups is 1. The molecule has 0 aromatic carbocycles. The Kier molecular flexibility index (Phi) is 6.84. The number of ether oxygens (including phenoxy) is 1. The molecule has 1 rings (SSSR count). The van der Waals surface area contributed by atoms with Crippen molar-refractivity contribution in [3.63, 3.8) is 0 Å². The van der Waals surface area contributed by atoms with Gasteiger partial charge in [-0.3, -0.25) is 4.79 Å². The maximum absolute atomic E-state index is 11.6.